The highest BCUT2D eigenvalue weighted by molar-refractivity contribution is 7.46. The first-order valence-electron chi connectivity index (χ1n) is 19.5. The van der Waals surface area contributed by atoms with Gasteiger partial charge in [0.25, 0.3) is 0 Å². The van der Waals surface area contributed by atoms with Gasteiger partial charge in [-0.2, -0.15) is 0 Å². The summed E-state index contributed by atoms with van der Waals surface area (Å²) in [6, 6.07) is 0. The van der Waals surface area contributed by atoms with Crippen LogP contribution in [0.5, 0.6) is 0 Å². The second kappa shape index (κ2) is 37.0. The van der Waals surface area contributed by atoms with Gasteiger partial charge in [-0.1, -0.05) is 131 Å². The summed E-state index contributed by atoms with van der Waals surface area (Å²) in [4.78, 5) is 54.4. The van der Waals surface area contributed by atoms with Gasteiger partial charge in [0.2, 0.25) is 0 Å². The fourth-order valence-corrected chi connectivity index (χ4v) is 4.97. The molecule has 0 rings (SSSR count). The van der Waals surface area contributed by atoms with Crippen LogP contribution in [0.1, 0.15) is 136 Å². The summed E-state index contributed by atoms with van der Waals surface area (Å²) in [5.74, 6) is -0.903. The minimum absolute atomic E-state index is 0.0923. The third kappa shape index (κ3) is 39.7. The molecule has 0 fully saturated rings. The van der Waals surface area contributed by atoms with E-state index in [1.165, 1.54) is 19.3 Å². The summed E-state index contributed by atoms with van der Waals surface area (Å²) in [6.07, 6.45) is 46.9. The summed E-state index contributed by atoms with van der Waals surface area (Å²) < 4.78 is 26.2. The first kappa shape index (κ1) is 49.6. The fourth-order valence-electron chi connectivity index (χ4n) is 4.60. The lowest BCUT2D eigenvalue weighted by atomic mass is 10.1. The summed E-state index contributed by atoms with van der Waals surface area (Å²) in [6.45, 7) is 3.37. The van der Waals surface area contributed by atoms with Crippen molar-refractivity contribution < 1.29 is 42.7 Å². The number of hydrogen-bond acceptors (Lipinski definition) is 7. The number of ketones is 1. The first-order valence-corrected chi connectivity index (χ1v) is 21.0. The van der Waals surface area contributed by atoms with Crippen molar-refractivity contribution in [3.8, 4) is 0 Å². The van der Waals surface area contributed by atoms with Crippen LogP contribution in [0.2, 0.25) is 0 Å². The van der Waals surface area contributed by atoms with Gasteiger partial charge in [-0.05, 0) is 83.1 Å². The average molecular weight is 759 g/mol. The number of carbonyl (C=O) groups is 3. The first-order chi connectivity index (χ1) is 25.7. The lowest BCUT2D eigenvalue weighted by Crippen LogP contribution is -2.29. The molecule has 0 spiro atoms. The van der Waals surface area contributed by atoms with Crippen LogP contribution in [0, 0.1) is 0 Å². The number of phosphoric acid groups is 1. The number of esters is 2. The van der Waals surface area contributed by atoms with Crippen LogP contribution < -0.4 is 0 Å². The molecule has 0 aromatic rings. The van der Waals surface area contributed by atoms with E-state index in [-0.39, 0.29) is 25.2 Å². The molecule has 0 aromatic heterocycles. The van der Waals surface area contributed by atoms with Gasteiger partial charge in [-0.25, -0.2) is 4.57 Å². The number of phosphoric ester groups is 1. The highest BCUT2D eigenvalue weighted by Crippen LogP contribution is 2.35. The predicted molar refractivity (Wildman–Crippen MR) is 216 cm³/mol. The molecule has 9 nitrogen and oxygen atoms in total. The largest absolute Gasteiger partial charge is 0.469 e. The van der Waals surface area contributed by atoms with Gasteiger partial charge in [0.1, 0.15) is 6.61 Å². The zero-order chi connectivity index (χ0) is 39.1. The van der Waals surface area contributed by atoms with Crippen molar-refractivity contribution in [3.05, 3.63) is 97.2 Å². The molecule has 0 saturated heterocycles. The van der Waals surface area contributed by atoms with Gasteiger partial charge in [0.15, 0.2) is 11.9 Å². The Hall–Kier alpha value is -3.36. The van der Waals surface area contributed by atoms with E-state index in [1.807, 2.05) is 42.5 Å². The van der Waals surface area contributed by atoms with Crippen LogP contribution in [0.15, 0.2) is 97.2 Å². The molecule has 1 atom stereocenters. The maximum absolute atomic E-state index is 12.4. The second-order valence-corrected chi connectivity index (χ2v) is 13.8. The van der Waals surface area contributed by atoms with Gasteiger partial charge in [-0.15, -0.1) is 0 Å². The monoisotopic (exact) mass is 758 g/mol. The van der Waals surface area contributed by atoms with Crippen molar-refractivity contribution >= 4 is 25.5 Å². The lowest BCUT2D eigenvalue weighted by molar-refractivity contribution is -0.161. The number of unbranched alkanes of at least 4 members (excludes halogenated alkanes) is 7. The minimum atomic E-state index is -4.80. The van der Waals surface area contributed by atoms with Crippen molar-refractivity contribution in [1.82, 2.24) is 0 Å². The number of carbonyl (C=O) groups excluding carboxylic acids is 3. The molecular formula is C43H67O9P. The van der Waals surface area contributed by atoms with Crippen LogP contribution in [0.3, 0.4) is 0 Å². The Morgan fingerprint density at radius 1 is 0.547 bits per heavy atom. The molecule has 0 unspecified atom stereocenters. The Kier molecular flexibility index (Phi) is 34.6. The third-order valence-corrected chi connectivity index (χ3v) is 8.04. The van der Waals surface area contributed by atoms with E-state index in [1.54, 1.807) is 12.2 Å². The molecule has 53 heavy (non-hydrogen) atoms. The van der Waals surface area contributed by atoms with E-state index in [0.29, 0.717) is 32.1 Å². The lowest BCUT2D eigenvalue weighted by Gasteiger charge is -2.18. The molecule has 2 N–H and O–H groups in total. The molecule has 0 aliphatic carbocycles. The highest BCUT2D eigenvalue weighted by atomic mass is 31.2. The fraction of sp³-hybridized carbons (Fsp3) is 0.558. The average Bonchev–Trinajstić information content (AvgIpc) is 3.12. The van der Waals surface area contributed by atoms with Crippen molar-refractivity contribution in [2.24, 2.45) is 0 Å². The molecule has 0 saturated carbocycles. The van der Waals surface area contributed by atoms with E-state index in [2.05, 4.69) is 60.9 Å². The molecule has 0 aromatic carbocycles. The maximum Gasteiger partial charge on any atom is 0.469 e. The normalized spacial score (nSPS) is 13.4. The summed E-state index contributed by atoms with van der Waals surface area (Å²) >= 11 is 0. The quantitative estimate of drug-likeness (QED) is 0.0164. The van der Waals surface area contributed by atoms with Gasteiger partial charge in [0.05, 0.1) is 6.61 Å². The molecule has 10 heteroatoms. The van der Waals surface area contributed by atoms with E-state index >= 15 is 0 Å². The number of ether oxygens (including phenoxy) is 2. The second-order valence-electron chi connectivity index (χ2n) is 12.6. The van der Waals surface area contributed by atoms with E-state index in [0.717, 1.165) is 57.8 Å². The van der Waals surface area contributed by atoms with Crippen LogP contribution in [0.4, 0.5) is 0 Å². The zero-order valence-corrected chi connectivity index (χ0v) is 33.3. The van der Waals surface area contributed by atoms with Crippen LogP contribution in [-0.2, 0) is 32.9 Å². The number of rotatable bonds is 34. The van der Waals surface area contributed by atoms with E-state index < -0.39 is 32.5 Å². The SMILES string of the molecule is CCCCC/C=C\C/C=C\C/C=C\C/C=C\CCCC(=O)OC[C@H](COP(=O)(O)O)OC(=O)CCC/C=C\C/C=C\C/C=C\C=C\C(=O)CCCCC. The number of hydrogen-bond donors (Lipinski definition) is 2. The Bertz CT molecular complexity index is 1230. The topological polar surface area (TPSA) is 136 Å². The molecule has 298 valence electrons. The standard InChI is InChI=1S/C43H67O9P/c1-3-5-7-8-9-10-11-12-13-14-15-16-19-22-25-28-32-36-42(45)50-38-41(39-51-53(47,48)49)52-43(46)37-33-29-26-23-20-17-18-21-24-27-31-35-40(44)34-30-6-4-2/h9-10,12-13,15-18,22-27,31,35,41H,3-8,11,14,19-21,28-30,32-34,36-39H2,1-2H3,(H2,47,48,49)/b10-9-,13-12-,16-15-,18-17-,25-22-,26-23-,27-24-,35-31+/t41-/m1/s1. The van der Waals surface area contributed by atoms with Gasteiger partial charge < -0.3 is 19.3 Å². The predicted octanol–water partition coefficient (Wildman–Crippen LogP) is 11.0. The summed E-state index contributed by atoms with van der Waals surface area (Å²) in [5, 5.41) is 0. The van der Waals surface area contributed by atoms with Gasteiger partial charge in [-0.3, -0.25) is 18.9 Å². The molecule has 0 bridgehead atoms. The van der Waals surface area contributed by atoms with Gasteiger partial charge >= 0.3 is 19.8 Å². The molecule has 0 amide bonds. The van der Waals surface area contributed by atoms with Crippen molar-refractivity contribution in [2.45, 2.75) is 142 Å². The van der Waals surface area contributed by atoms with Gasteiger partial charge in [0, 0.05) is 19.3 Å². The summed E-state index contributed by atoms with van der Waals surface area (Å²) in [7, 11) is -4.80. The zero-order valence-electron chi connectivity index (χ0n) is 32.4. The van der Waals surface area contributed by atoms with Crippen LogP contribution in [0.25, 0.3) is 0 Å². The molecule has 0 aliphatic rings. The van der Waals surface area contributed by atoms with Crippen LogP contribution >= 0.6 is 7.82 Å². The number of allylic oxidation sites excluding steroid dienone is 16. The van der Waals surface area contributed by atoms with E-state index in [9.17, 15) is 18.9 Å². The Morgan fingerprint density at radius 3 is 1.55 bits per heavy atom. The molecule has 0 heterocycles. The molecule has 0 aliphatic heterocycles. The minimum Gasteiger partial charge on any atom is -0.462 e. The Balaban J connectivity index is 4.23. The molecule has 0 radical (unpaired) electrons. The van der Waals surface area contributed by atoms with E-state index in [4.69, 9.17) is 19.3 Å². The van der Waals surface area contributed by atoms with Crippen molar-refractivity contribution in [3.63, 3.8) is 0 Å². The van der Waals surface area contributed by atoms with Crippen molar-refractivity contribution in [1.29, 1.82) is 0 Å². The smallest absolute Gasteiger partial charge is 0.462 e. The Labute approximate surface area is 320 Å². The highest BCUT2D eigenvalue weighted by Gasteiger charge is 2.22. The van der Waals surface area contributed by atoms with Crippen molar-refractivity contribution in [2.75, 3.05) is 13.2 Å². The summed E-state index contributed by atoms with van der Waals surface area (Å²) in [5.41, 5.74) is 0. The molecular weight excluding hydrogens is 691 g/mol. The third-order valence-electron chi connectivity index (χ3n) is 7.55. The maximum atomic E-state index is 12.4. The Morgan fingerprint density at radius 2 is 1.02 bits per heavy atom. The van der Waals surface area contributed by atoms with Crippen LogP contribution in [-0.4, -0.2) is 46.8 Å².